The molecule has 0 bridgehead atoms. The molecule has 1 saturated heterocycles. The highest BCUT2D eigenvalue weighted by Crippen LogP contribution is 2.26. The third-order valence-corrected chi connectivity index (χ3v) is 8.29. The summed E-state index contributed by atoms with van der Waals surface area (Å²) in [6, 6.07) is 14.5. The number of hydrogen-bond donors (Lipinski definition) is 0. The zero-order chi connectivity index (χ0) is 27.7. The lowest BCUT2D eigenvalue weighted by Crippen LogP contribution is -2.57. The van der Waals surface area contributed by atoms with Crippen LogP contribution in [-0.4, -0.2) is 65.7 Å². The van der Waals surface area contributed by atoms with Gasteiger partial charge in [0, 0.05) is 36.2 Å². The number of halogens is 3. The van der Waals surface area contributed by atoms with Gasteiger partial charge in [-0.15, -0.1) is 5.10 Å². The van der Waals surface area contributed by atoms with E-state index in [0.717, 1.165) is 21.3 Å². The van der Waals surface area contributed by atoms with Crippen LogP contribution >= 0.6 is 27.5 Å². The van der Waals surface area contributed by atoms with Gasteiger partial charge in [-0.3, -0.25) is 9.69 Å². The number of carbonyl (C=O) groups is 1. The molecule has 0 spiro atoms. The van der Waals surface area contributed by atoms with Crippen LogP contribution in [0.3, 0.4) is 0 Å². The largest absolute Gasteiger partial charge is 0.335 e. The molecule has 39 heavy (non-hydrogen) atoms. The summed E-state index contributed by atoms with van der Waals surface area (Å²) in [6.45, 7) is 8.80. The summed E-state index contributed by atoms with van der Waals surface area (Å²) in [4.78, 5) is 17.8. The maximum atomic E-state index is 13.6. The number of rotatable bonds is 7. The zero-order valence-corrected chi connectivity index (χ0v) is 24.4. The SMILES string of the molecule is Cc1nn(Cc2ccc(F)cc2)c(Cl)c1C(=O)N1C[C@@H](C)N(Cc2cn(Cc3ccccc3Br)nn2)[C@@H](C)C1. The minimum atomic E-state index is -0.301. The fraction of sp³-hybridized carbons (Fsp3) is 0.357. The third-order valence-electron chi connectivity index (χ3n) is 7.13. The molecule has 1 fully saturated rings. The number of hydrogen-bond acceptors (Lipinski definition) is 5. The molecular weight excluding hydrogens is 585 g/mol. The molecular formula is C28H30BrClFN7O. The van der Waals surface area contributed by atoms with E-state index in [1.807, 2.05) is 34.0 Å². The lowest BCUT2D eigenvalue weighted by Gasteiger charge is -2.44. The van der Waals surface area contributed by atoms with Crippen molar-refractivity contribution in [2.24, 2.45) is 0 Å². The summed E-state index contributed by atoms with van der Waals surface area (Å²) in [6.07, 6.45) is 1.98. The van der Waals surface area contributed by atoms with E-state index in [1.165, 1.54) is 12.1 Å². The molecule has 1 aliphatic heterocycles. The number of aryl methyl sites for hydroxylation is 1. The summed E-state index contributed by atoms with van der Waals surface area (Å²) in [5.41, 5.74) is 3.88. The number of piperazine rings is 1. The molecule has 1 amide bonds. The molecule has 8 nitrogen and oxygen atoms in total. The number of aromatic nitrogens is 5. The standard InChI is InChI=1S/C28H30BrClFN7O/c1-18-12-35(28(39)26-20(3)33-38(27(26)30)14-21-8-10-23(31)11-9-21)13-19(2)37(18)17-24-16-36(34-32-24)15-22-6-4-5-7-25(22)29/h4-11,16,18-19H,12-15,17H2,1-3H3/t18-,19+. The van der Waals surface area contributed by atoms with Crippen LogP contribution < -0.4 is 0 Å². The van der Waals surface area contributed by atoms with Crippen molar-refractivity contribution in [2.45, 2.75) is 52.5 Å². The summed E-state index contributed by atoms with van der Waals surface area (Å²) in [7, 11) is 0. The zero-order valence-electron chi connectivity index (χ0n) is 22.1. The normalized spacial score (nSPS) is 18.1. The maximum absolute atomic E-state index is 13.6. The van der Waals surface area contributed by atoms with Crippen LogP contribution in [0, 0.1) is 12.7 Å². The van der Waals surface area contributed by atoms with Gasteiger partial charge in [0.05, 0.1) is 36.2 Å². The smallest absolute Gasteiger partial charge is 0.259 e. The van der Waals surface area contributed by atoms with Crippen molar-refractivity contribution in [1.29, 1.82) is 0 Å². The first-order valence-corrected chi connectivity index (χ1v) is 14.0. The van der Waals surface area contributed by atoms with Crippen LogP contribution in [-0.2, 0) is 19.6 Å². The topological polar surface area (TPSA) is 72.1 Å². The van der Waals surface area contributed by atoms with E-state index in [1.54, 1.807) is 23.7 Å². The second kappa shape index (κ2) is 11.6. The first-order valence-electron chi connectivity index (χ1n) is 12.8. The monoisotopic (exact) mass is 613 g/mol. The fourth-order valence-electron chi connectivity index (χ4n) is 5.13. The molecule has 11 heteroatoms. The van der Waals surface area contributed by atoms with E-state index in [-0.39, 0.29) is 23.8 Å². The highest BCUT2D eigenvalue weighted by atomic mass is 79.9. The fourth-order valence-corrected chi connectivity index (χ4v) is 5.86. The Morgan fingerprint density at radius 2 is 1.74 bits per heavy atom. The molecule has 1 aliphatic rings. The molecule has 4 aromatic rings. The number of amides is 1. The Morgan fingerprint density at radius 1 is 1.05 bits per heavy atom. The van der Waals surface area contributed by atoms with E-state index in [2.05, 4.69) is 56.2 Å². The van der Waals surface area contributed by atoms with Gasteiger partial charge in [0.25, 0.3) is 5.91 Å². The third kappa shape index (κ3) is 6.08. The van der Waals surface area contributed by atoms with E-state index in [4.69, 9.17) is 11.6 Å². The van der Waals surface area contributed by atoms with Gasteiger partial charge in [-0.25, -0.2) is 13.8 Å². The molecule has 2 atom stereocenters. The Bertz CT molecular complexity index is 1460. The Morgan fingerprint density at radius 3 is 2.44 bits per heavy atom. The van der Waals surface area contributed by atoms with Crippen LogP contribution in [0.2, 0.25) is 5.15 Å². The van der Waals surface area contributed by atoms with Crippen molar-refractivity contribution in [1.82, 2.24) is 34.6 Å². The van der Waals surface area contributed by atoms with Crippen LogP contribution in [0.4, 0.5) is 4.39 Å². The number of carbonyl (C=O) groups excluding carboxylic acids is 1. The van der Waals surface area contributed by atoms with Gasteiger partial charge in [-0.2, -0.15) is 5.10 Å². The predicted molar refractivity (Wildman–Crippen MR) is 151 cm³/mol. The predicted octanol–water partition coefficient (Wildman–Crippen LogP) is 5.17. The summed E-state index contributed by atoms with van der Waals surface area (Å²) in [5.74, 6) is -0.426. The van der Waals surface area contributed by atoms with Crippen LogP contribution in [0.15, 0.2) is 59.2 Å². The van der Waals surface area contributed by atoms with Gasteiger partial charge in [0.1, 0.15) is 11.0 Å². The van der Waals surface area contributed by atoms with Crippen molar-refractivity contribution in [3.63, 3.8) is 0 Å². The molecule has 3 heterocycles. The van der Waals surface area contributed by atoms with Crippen molar-refractivity contribution in [3.8, 4) is 0 Å². The van der Waals surface area contributed by atoms with Crippen molar-refractivity contribution < 1.29 is 9.18 Å². The average molecular weight is 615 g/mol. The first kappa shape index (κ1) is 27.5. The van der Waals surface area contributed by atoms with Gasteiger partial charge in [0.15, 0.2) is 0 Å². The van der Waals surface area contributed by atoms with E-state index in [0.29, 0.717) is 49.1 Å². The molecule has 0 N–H and O–H groups in total. The minimum Gasteiger partial charge on any atom is -0.335 e. The molecule has 0 aliphatic carbocycles. The van der Waals surface area contributed by atoms with E-state index < -0.39 is 0 Å². The van der Waals surface area contributed by atoms with Crippen LogP contribution in [0.25, 0.3) is 0 Å². The first-order chi connectivity index (χ1) is 18.7. The Labute approximate surface area is 240 Å². The summed E-state index contributed by atoms with van der Waals surface area (Å²) >= 11 is 10.2. The van der Waals surface area contributed by atoms with E-state index in [9.17, 15) is 9.18 Å². The lowest BCUT2D eigenvalue weighted by molar-refractivity contribution is 0.0264. The average Bonchev–Trinajstić information content (AvgIpc) is 3.46. The molecule has 204 valence electrons. The molecule has 0 unspecified atom stereocenters. The van der Waals surface area contributed by atoms with Gasteiger partial charge in [-0.05, 0) is 50.1 Å². The number of nitrogens with zero attached hydrogens (tertiary/aromatic N) is 7. The molecule has 2 aromatic heterocycles. The summed E-state index contributed by atoms with van der Waals surface area (Å²) in [5, 5.41) is 13.5. The van der Waals surface area contributed by atoms with Crippen LogP contribution in [0.5, 0.6) is 0 Å². The lowest BCUT2D eigenvalue weighted by atomic mass is 10.1. The van der Waals surface area contributed by atoms with Gasteiger partial charge in [-0.1, -0.05) is 63.1 Å². The molecule has 0 saturated carbocycles. The second-order valence-electron chi connectivity index (χ2n) is 10.1. The van der Waals surface area contributed by atoms with Crippen molar-refractivity contribution in [3.05, 3.63) is 98.2 Å². The summed E-state index contributed by atoms with van der Waals surface area (Å²) < 4.78 is 17.8. The van der Waals surface area contributed by atoms with Gasteiger partial charge < -0.3 is 4.90 Å². The molecule has 5 rings (SSSR count). The van der Waals surface area contributed by atoms with Gasteiger partial charge in [0.2, 0.25) is 0 Å². The number of benzene rings is 2. The molecule has 0 radical (unpaired) electrons. The van der Waals surface area contributed by atoms with Crippen molar-refractivity contribution >= 4 is 33.4 Å². The maximum Gasteiger partial charge on any atom is 0.259 e. The van der Waals surface area contributed by atoms with Gasteiger partial charge >= 0.3 is 0 Å². The van der Waals surface area contributed by atoms with Crippen LogP contribution in [0.1, 0.15) is 46.7 Å². The quantitative estimate of drug-likeness (QED) is 0.287. The van der Waals surface area contributed by atoms with E-state index >= 15 is 0 Å². The van der Waals surface area contributed by atoms with Crippen molar-refractivity contribution in [2.75, 3.05) is 13.1 Å². The minimum absolute atomic E-state index is 0.111. The Balaban J connectivity index is 1.24. The highest BCUT2D eigenvalue weighted by Gasteiger charge is 2.35. The molecule has 2 aromatic carbocycles. The Hall–Kier alpha value is -3.08. The second-order valence-corrected chi connectivity index (χ2v) is 11.3. The highest BCUT2D eigenvalue weighted by molar-refractivity contribution is 9.10. The Kier molecular flexibility index (Phi) is 8.16.